The summed E-state index contributed by atoms with van der Waals surface area (Å²) in [6.45, 7) is 3.64. The molecule has 0 radical (unpaired) electrons. The molecule has 0 bridgehead atoms. The number of guanidine groups is 1. The van der Waals surface area contributed by atoms with Crippen molar-refractivity contribution >= 4 is 5.96 Å². The number of hydrogen-bond acceptors (Lipinski definition) is 3. The molecule has 0 aromatic heterocycles. The van der Waals surface area contributed by atoms with Crippen LogP contribution in [0.25, 0.3) is 0 Å². The molecule has 0 amide bonds. The van der Waals surface area contributed by atoms with E-state index in [-0.39, 0.29) is 17.7 Å². The van der Waals surface area contributed by atoms with Gasteiger partial charge in [0.1, 0.15) is 6.10 Å². The summed E-state index contributed by atoms with van der Waals surface area (Å²) < 4.78 is 23.9. The second-order valence-corrected chi connectivity index (χ2v) is 4.23. The molecule has 5 nitrogen and oxygen atoms in total. The second kappa shape index (κ2) is 9.14. The van der Waals surface area contributed by atoms with Crippen molar-refractivity contribution in [2.75, 3.05) is 33.9 Å². The highest BCUT2D eigenvalue weighted by molar-refractivity contribution is 5.79. The summed E-state index contributed by atoms with van der Waals surface area (Å²) >= 11 is 0. The quantitative estimate of drug-likeness (QED) is 0.451. The van der Waals surface area contributed by atoms with Gasteiger partial charge in [0.2, 0.25) is 0 Å². The van der Waals surface area contributed by atoms with Gasteiger partial charge in [-0.15, -0.1) is 0 Å². The summed E-state index contributed by atoms with van der Waals surface area (Å²) in [6.07, 6.45) is -0.187. The van der Waals surface area contributed by atoms with Crippen molar-refractivity contribution in [1.29, 1.82) is 0 Å². The molecule has 0 spiro atoms. The van der Waals surface area contributed by atoms with Gasteiger partial charge in [-0.05, 0) is 19.1 Å². The maximum Gasteiger partial charge on any atom is 0.191 e. The van der Waals surface area contributed by atoms with Gasteiger partial charge < -0.3 is 20.1 Å². The molecule has 20 heavy (non-hydrogen) atoms. The Kier molecular flexibility index (Phi) is 7.42. The van der Waals surface area contributed by atoms with Crippen molar-refractivity contribution in [3.63, 3.8) is 0 Å². The molecule has 1 aromatic carbocycles. The van der Waals surface area contributed by atoms with Gasteiger partial charge >= 0.3 is 0 Å². The van der Waals surface area contributed by atoms with E-state index < -0.39 is 0 Å². The van der Waals surface area contributed by atoms with E-state index in [0.29, 0.717) is 25.7 Å². The molecule has 1 aromatic rings. The van der Waals surface area contributed by atoms with E-state index in [0.717, 1.165) is 0 Å². The predicted molar refractivity (Wildman–Crippen MR) is 77.7 cm³/mol. The number of rotatable bonds is 7. The van der Waals surface area contributed by atoms with E-state index in [1.54, 1.807) is 32.4 Å². The molecule has 112 valence electrons. The number of nitrogens with zero attached hydrogens (tertiary/aromatic N) is 1. The van der Waals surface area contributed by atoms with Gasteiger partial charge in [0, 0.05) is 20.7 Å². The largest absolute Gasteiger partial charge is 0.486 e. The predicted octanol–water partition coefficient (Wildman–Crippen LogP) is 1.40. The first-order valence-electron chi connectivity index (χ1n) is 6.52. The topological polar surface area (TPSA) is 54.9 Å². The molecular formula is C14H22FN3O2. The Labute approximate surface area is 119 Å². The van der Waals surface area contributed by atoms with Crippen molar-refractivity contribution < 1.29 is 13.9 Å². The van der Waals surface area contributed by atoms with Gasteiger partial charge in [0.15, 0.2) is 17.5 Å². The second-order valence-electron chi connectivity index (χ2n) is 4.23. The van der Waals surface area contributed by atoms with Gasteiger partial charge in [-0.1, -0.05) is 12.1 Å². The number of hydrogen-bond donors (Lipinski definition) is 2. The Balaban J connectivity index is 2.35. The van der Waals surface area contributed by atoms with Crippen molar-refractivity contribution in [1.82, 2.24) is 10.6 Å². The maximum atomic E-state index is 13.4. The Bertz CT molecular complexity index is 427. The van der Waals surface area contributed by atoms with Crippen LogP contribution < -0.4 is 15.4 Å². The van der Waals surface area contributed by atoms with Crippen LogP contribution in [0.3, 0.4) is 0 Å². The van der Waals surface area contributed by atoms with E-state index in [2.05, 4.69) is 15.6 Å². The number of benzene rings is 1. The third-order valence-electron chi connectivity index (χ3n) is 2.54. The molecule has 1 atom stereocenters. The Morgan fingerprint density at radius 3 is 2.75 bits per heavy atom. The average molecular weight is 283 g/mol. The fourth-order valence-corrected chi connectivity index (χ4v) is 1.53. The summed E-state index contributed by atoms with van der Waals surface area (Å²) in [4.78, 5) is 4.07. The van der Waals surface area contributed by atoms with Crippen LogP contribution in [-0.4, -0.2) is 45.9 Å². The van der Waals surface area contributed by atoms with Crippen LogP contribution in [0, 0.1) is 5.82 Å². The molecule has 0 saturated carbocycles. The number of ether oxygens (including phenoxy) is 2. The Morgan fingerprint density at radius 1 is 1.35 bits per heavy atom. The standard InChI is InChI=1S/C14H22FN3O2/c1-11(20-13-7-5-4-6-12(13)15)10-18-14(16-2)17-8-9-19-3/h4-7,11H,8-10H2,1-3H3,(H2,16,17,18). The lowest BCUT2D eigenvalue weighted by atomic mass is 10.3. The fraction of sp³-hybridized carbons (Fsp3) is 0.500. The summed E-state index contributed by atoms with van der Waals surface area (Å²) in [5.41, 5.74) is 0. The highest BCUT2D eigenvalue weighted by atomic mass is 19.1. The van der Waals surface area contributed by atoms with Crippen molar-refractivity contribution in [2.45, 2.75) is 13.0 Å². The summed E-state index contributed by atoms with van der Waals surface area (Å²) in [6, 6.07) is 6.36. The van der Waals surface area contributed by atoms with Crippen molar-refractivity contribution in [2.24, 2.45) is 4.99 Å². The minimum absolute atomic E-state index is 0.187. The van der Waals surface area contributed by atoms with Crippen LogP contribution >= 0.6 is 0 Å². The van der Waals surface area contributed by atoms with Crippen LogP contribution in [0.2, 0.25) is 0 Å². The van der Waals surface area contributed by atoms with Crippen LogP contribution in [-0.2, 0) is 4.74 Å². The number of nitrogens with one attached hydrogen (secondary N) is 2. The van der Waals surface area contributed by atoms with Gasteiger partial charge in [-0.2, -0.15) is 0 Å². The first kappa shape index (κ1) is 16.2. The lowest BCUT2D eigenvalue weighted by Crippen LogP contribution is -2.42. The number of methoxy groups -OCH3 is 1. The molecule has 0 aliphatic heterocycles. The van der Waals surface area contributed by atoms with Gasteiger partial charge in [-0.25, -0.2) is 4.39 Å². The number of para-hydroxylation sites is 1. The molecule has 0 fully saturated rings. The van der Waals surface area contributed by atoms with E-state index in [4.69, 9.17) is 9.47 Å². The van der Waals surface area contributed by atoms with Crippen LogP contribution in [0.15, 0.2) is 29.3 Å². The van der Waals surface area contributed by atoms with Gasteiger partial charge in [0.25, 0.3) is 0 Å². The molecule has 1 rings (SSSR count). The molecule has 0 saturated heterocycles. The van der Waals surface area contributed by atoms with E-state index in [1.165, 1.54) is 6.07 Å². The summed E-state index contributed by atoms with van der Waals surface area (Å²) in [5, 5.41) is 6.19. The maximum absolute atomic E-state index is 13.4. The highest BCUT2D eigenvalue weighted by Gasteiger charge is 2.08. The smallest absolute Gasteiger partial charge is 0.191 e. The molecule has 0 aliphatic rings. The minimum atomic E-state index is -0.359. The van der Waals surface area contributed by atoms with Gasteiger partial charge in [0.05, 0.1) is 13.2 Å². The van der Waals surface area contributed by atoms with Gasteiger partial charge in [-0.3, -0.25) is 4.99 Å². The summed E-state index contributed by atoms with van der Waals surface area (Å²) in [5.74, 6) is 0.553. The Hall–Kier alpha value is -1.82. The third-order valence-corrected chi connectivity index (χ3v) is 2.54. The molecule has 6 heteroatoms. The summed E-state index contributed by atoms with van der Waals surface area (Å²) in [7, 11) is 3.33. The first-order valence-corrected chi connectivity index (χ1v) is 6.52. The van der Waals surface area contributed by atoms with Crippen LogP contribution in [0.5, 0.6) is 5.75 Å². The first-order chi connectivity index (χ1) is 9.67. The third kappa shape index (κ3) is 5.88. The van der Waals surface area contributed by atoms with Crippen LogP contribution in [0.1, 0.15) is 6.92 Å². The number of aliphatic imine (C=N–C) groups is 1. The van der Waals surface area contributed by atoms with E-state index >= 15 is 0 Å². The molecule has 1 unspecified atom stereocenters. The normalized spacial score (nSPS) is 12.9. The van der Waals surface area contributed by atoms with Crippen LogP contribution in [0.4, 0.5) is 4.39 Å². The molecular weight excluding hydrogens is 261 g/mol. The number of halogens is 1. The van der Waals surface area contributed by atoms with E-state index in [9.17, 15) is 4.39 Å². The fourth-order valence-electron chi connectivity index (χ4n) is 1.53. The SMILES string of the molecule is CN=C(NCCOC)NCC(C)Oc1ccccc1F. The molecule has 0 heterocycles. The van der Waals surface area contributed by atoms with Crippen molar-refractivity contribution in [3.8, 4) is 5.75 Å². The Morgan fingerprint density at radius 2 is 2.10 bits per heavy atom. The zero-order valence-electron chi connectivity index (χ0n) is 12.1. The monoisotopic (exact) mass is 283 g/mol. The zero-order chi connectivity index (χ0) is 14.8. The lowest BCUT2D eigenvalue weighted by Gasteiger charge is -2.17. The highest BCUT2D eigenvalue weighted by Crippen LogP contribution is 2.16. The molecule has 0 aliphatic carbocycles. The van der Waals surface area contributed by atoms with E-state index in [1.807, 2.05) is 6.92 Å². The molecule has 2 N–H and O–H groups in total. The minimum Gasteiger partial charge on any atom is -0.486 e. The van der Waals surface area contributed by atoms with Crippen molar-refractivity contribution in [3.05, 3.63) is 30.1 Å². The zero-order valence-corrected chi connectivity index (χ0v) is 12.1. The average Bonchev–Trinajstić information content (AvgIpc) is 2.45. The lowest BCUT2D eigenvalue weighted by molar-refractivity contribution is 0.202.